The van der Waals surface area contributed by atoms with Gasteiger partial charge in [0, 0.05) is 19.4 Å². The van der Waals surface area contributed by atoms with Crippen molar-refractivity contribution in [2.75, 3.05) is 26.4 Å². The SMILES string of the molecule is CCCCCC=CCC=CCC=CCC=CCCCCCC(=O)OC[C@H](COP(=O)(O)OCCN)OC(=O)CCCCCCCCCCCCCCCCCCCCC. The van der Waals surface area contributed by atoms with Crippen molar-refractivity contribution in [2.45, 2.75) is 225 Å². The lowest BCUT2D eigenvalue weighted by atomic mass is 10.0. The topological polar surface area (TPSA) is 134 Å². The lowest BCUT2D eigenvalue weighted by Crippen LogP contribution is -2.29. The molecule has 0 saturated heterocycles. The van der Waals surface area contributed by atoms with Gasteiger partial charge in [0.1, 0.15) is 6.61 Å². The third kappa shape index (κ3) is 45.3. The predicted molar refractivity (Wildman–Crippen MR) is 247 cm³/mol. The van der Waals surface area contributed by atoms with Crippen molar-refractivity contribution in [3.05, 3.63) is 48.6 Å². The number of carbonyl (C=O) groups excluding carboxylic acids is 2. The number of allylic oxidation sites excluding steroid dienone is 8. The van der Waals surface area contributed by atoms with Crippen LogP contribution >= 0.6 is 7.82 Å². The number of rotatable bonds is 45. The quantitative estimate of drug-likeness (QED) is 0.0266. The maximum atomic E-state index is 12.6. The van der Waals surface area contributed by atoms with E-state index in [0.717, 1.165) is 51.4 Å². The van der Waals surface area contributed by atoms with Crippen LogP contribution in [-0.4, -0.2) is 49.3 Å². The van der Waals surface area contributed by atoms with Crippen LogP contribution in [0, 0.1) is 0 Å². The first kappa shape index (κ1) is 57.0. The van der Waals surface area contributed by atoms with E-state index in [0.29, 0.717) is 12.8 Å². The van der Waals surface area contributed by atoms with Crippen LogP contribution in [-0.2, 0) is 32.7 Å². The molecule has 0 aliphatic carbocycles. The number of phosphoric ester groups is 1. The molecule has 0 spiro atoms. The fraction of sp³-hybridized carbons (Fsp3) is 0.796. The van der Waals surface area contributed by atoms with E-state index in [1.54, 1.807) is 0 Å². The molecule has 0 heterocycles. The molecule has 0 amide bonds. The van der Waals surface area contributed by atoms with Gasteiger partial charge in [0.15, 0.2) is 6.10 Å². The van der Waals surface area contributed by atoms with Crippen molar-refractivity contribution in [1.82, 2.24) is 0 Å². The Morgan fingerprint density at radius 3 is 1.34 bits per heavy atom. The van der Waals surface area contributed by atoms with Crippen molar-refractivity contribution < 1.29 is 37.6 Å². The molecule has 10 heteroatoms. The third-order valence-electron chi connectivity index (χ3n) is 10.2. The number of unbranched alkanes of at least 4 members (excludes halogenated alkanes) is 24. The zero-order valence-corrected chi connectivity index (χ0v) is 38.9. The molecule has 59 heavy (non-hydrogen) atoms. The average Bonchev–Trinajstić information content (AvgIpc) is 3.22. The Hall–Kier alpha value is -2.03. The standard InChI is InChI=1S/C49H90NO8P/c1-3-5-7-9-11-13-15-17-19-21-23-25-27-29-31-33-35-37-39-41-48(51)55-45-47(46-57-59(53,54)56-44-43-50)58-49(52)42-40-38-36-34-32-30-28-26-24-22-20-18-16-14-12-10-8-6-4-2/h11,13,17,19,23,25,29,31,47H,3-10,12,14-16,18,20-22,24,26-28,30,32-46,50H2,1-2H3,(H,53,54)/t47-/m1/s1. The summed E-state index contributed by atoms with van der Waals surface area (Å²) < 4.78 is 32.8. The van der Waals surface area contributed by atoms with E-state index in [1.807, 2.05) is 0 Å². The lowest BCUT2D eigenvalue weighted by molar-refractivity contribution is -0.161. The summed E-state index contributed by atoms with van der Waals surface area (Å²) in [6.45, 7) is 3.69. The molecule has 0 aromatic heterocycles. The molecule has 0 radical (unpaired) electrons. The van der Waals surface area contributed by atoms with E-state index >= 15 is 0 Å². The van der Waals surface area contributed by atoms with Gasteiger partial charge in [-0.1, -0.05) is 197 Å². The van der Waals surface area contributed by atoms with Gasteiger partial charge in [-0.2, -0.15) is 0 Å². The normalized spacial score (nSPS) is 13.6. The Morgan fingerprint density at radius 1 is 0.508 bits per heavy atom. The van der Waals surface area contributed by atoms with E-state index in [4.69, 9.17) is 24.3 Å². The minimum atomic E-state index is -4.39. The maximum absolute atomic E-state index is 12.6. The minimum Gasteiger partial charge on any atom is -0.462 e. The van der Waals surface area contributed by atoms with Crippen LogP contribution in [0.5, 0.6) is 0 Å². The van der Waals surface area contributed by atoms with Crippen LogP contribution in [0.15, 0.2) is 48.6 Å². The number of esters is 2. The molecule has 0 fully saturated rings. The number of carbonyl (C=O) groups is 2. The van der Waals surface area contributed by atoms with Crippen molar-refractivity contribution in [3.8, 4) is 0 Å². The number of phosphoric acid groups is 1. The Kier molecular flexibility index (Phi) is 43.9. The summed E-state index contributed by atoms with van der Waals surface area (Å²) in [7, 11) is -4.39. The second-order valence-corrected chi connectivity index (χ2v) is 17.4. The molecule has 1 unspecified atom stereocenters. The number of hydrogen-bond acceptors (Lipinski definition) is 8. The summed E-state index contributed by atoms with van der Waals surface area (Å²) in [5, 5.41) is 0. The van der Waals surface area contributed by atoms with Crippen LogP contribution in [0.3, 0.4) is 0 Å². The summed E-state index contributed by atoms with van der Waals surface area (Å²) in [6.07, 6.45) is 52.8. The van der Waals surface area contributed by atoms with Gasteiger partial charge in [0.2, 0.25) is 0 Å². The van der Waals surface area contributed by atoms with Crippen molar-refractivity contribution >= 4 is 19.8 Å². The van der Waals surface area contributed by atoms with Crippen LogP contribution in [0.1, 0.15) is 219 Å². The number of ether oxygens (including phenoxy) is 2. The molecule has 2 atom stereocenters. The van der Waals surface area contributed by atoms with Gasteiger partial charge in [0.05, 0.1) is 13.2 Å². The van der Waals surface area contributed by atoms with Crippen LogP contribution < -0.4 is 5.73 Å². The summed E-state index contributed by atoms with van der Waals surface area (Å²) in [6, 6.07) is 0. The lowest BCUT2D eigenvalue weighted by Gasteiger charge is -2.19. The summed E-state index contributed by atoms with van der Waals surface area (Å²) in [5.41, 5.74) is 5.36. The molecule has 0 aliphatic heterocycles. The zero-order valence-electron chi connectivity index (χ0n) is 38.0. The molecule has 3 N–H and O–H groups in total. The molecule has 9 nitrogen and oxygen atoms in total. The fourth-order valence-corrected chi connectivity index (χ4v) is 7.38. The predicted octanol–water partition coefficient (Wildman–Crippen LogP) is 14.3. The Labute approximate surface area is 362 Å². The van der Waals surface area contributed by atoms with E-state index in [1.165, 1.54) is 128 Å². The van der Waals surface area contributed by atoms with Gasteiger partial charge >= 0.3 is 19.8 Å². The largest absolute Gasteiger partial charge is 0.472 e. The molecule has 0 rings (SSSR count). The van der Waals surface area contributed by atoms with E-state index < -0.39 is 32.5 Å². The summed E-state index contributed by atoms with van der Waals surface area (Å²) >= 11 is 0. The van der Waals surface area contributed by atoms with Crippen LogP contribution in [0.25, 0.3) is 0 Å². The molecule has 0 aromatic rings. The van der Waals surface area contributed by atoms with Gasteiger partial charge in [0.25, 0.3) is 0 Å². The van der Waals surface area contributed by atoms with Gasteiger partial charge in [-0.3, -0.25) is 18.6 Å². The number of hydrogen-bond donors (Lipinski definition) is 2. The Bertz CT molecular complexity index is 1110. The smallest absolute Gasteiger partial charge is 0.462 e. The first-order valence-electron chi connectivity index (χ1n) is 24.1. The highest BCUT2D eigenvalue weighted by atomic mass is 31.2. The maximum Gasteiger partial charge on any atom is 0.472 e. The summed E-state index contributed by atoms with van der Waals surface area (Å²) in [4.78, 5) is 35.0. The van der Waals surface area contributed by atoms with Crippen LogP contribution in [0.2, 0.25) is 0 Å². The highest BCUT2D eigenvalue weighted by molar-refractivity contribution is 7.47. The molecule has 344 valence electrons. The average molecular weight is 852 g/mol. The molecular formula is C49H90NO8P. The highest BCUT2D eigenvalue weighted by Crippen LogP contribution is 2.43. The van der Waals surface area contributed by atoms with Gasteiger partial charge < -0.3 is 20.1 Å². The van der Waals surface area contributed by atoms with Crippen molar-refractivity contribution in [3.63, 3.8) is 0 Å². The van der Waals surface area contributed by atoms with Gasteiger partial charge in [-0.25, -0.2) is 4.57 Å². The first-order chi connectivity index (χ1) is 28.8. The summed E-state index contributed by atoms with van der Waals surface area (Å²) in [5.74, 6) is -0.858. The second-order valence-electron chi connectivity index (χ2n) is 16.0. The van der Waals surface area contributed by atoms with Gasteiger partial charge in [-0.05, 0) is 57.8 Å². The Morgan fingerprint density at radius 2 is 0.881 bits per heavy atom. The van der Waals surface area contributed by atoms with Crippen molar-refractivity contribution in [2.24, 2.45) is 5.73 Å². The Balaban J connectivity index is 4.14. The molecule has 0 bridgehead atoms. The second kappa shape index (κ2) is 45.5. The monoisotopic (exact) mass is 852 g/mol. The van der Waals surface area contributed by atoms with E-state index in [-0.39, 0.29) is 32.6 Å². The van der Waals surface area contributed by atoms with Gasteiger partial charge in [-0.15, -0.1) is 0 Å². The molecular weight excluding hydrogens is 762 g/mol. The molecule has 0 saturated carbocycles. The highest BCUT2D eigenvalue weighted by Gasteiger charge is 2.26. The number of nitrogens with two attached hydrogens (primary N) is 1. The first-order valence-corrected chi connectivity index (χ1v) is 25.6. The van der Waals surface area contributed by atoms with E-state index in [2.05, 4.69) is 62.5 Å². The van der Waals surface area contributed by atoms with Crippen molar-refractivity contribution in [1.29, 1.82) is 0 Å². The third-order valence-corrected chi connectivity index (χ3v) is 11.2. The zero-order chi connectivity index (χ0) is 43.2. The fourth-order valence-electron chi connectivity index (χ4n) is 6.62. The molecule has 0 aliphatic rings. The van der Waals surface area contributed by atoms with Crippen LogP contribution in [0.4, 0.5) is 0 Å². The molecule has 0 aromatic carbocycles. The van der Waals surface area contributed by atoms with E-state index in [9.17, 15) is 19.0 Å². The minimum absolute atomic E-state index is 0.0485.